The van der Waals surface area contributed by atoms with Crippen LogP contribution in [0.1, 0.15) is 37.5 Å². The van der Waals surface area contributed by atoms with Crippen LogP contribution in [-0.2, 0) is 5.41 Å². The van der Waals surface area contributed by atoms with Gasteiger partial charge in [-0.2, -0.15) is 0 Å². The van der Waals surface area contributed by atoms with Gasteiger partial charge < -0.3 is 5.32 Å². The van der Waals surface area contributed by atoms with E-state index in [4.69, 9.17) is 0 Å². The fourth-order valence-electron chi connectivity index (χ4n) is 4.63. The molecule has 0 aliphatic heterocycles. The average Bonchev–Trinajstić information content (AvgIpc) is 2.85. The Hall–Kier alpha value is -3.84. The molecular formula is C34H33N. The molecule has 0 saturated heterocycles. The first-order valence-electron chi connectivity index (χ1n) is 12.4. The van der Waals surface area contributed by atoms with Crippen molar-refractivity contribution in [2.75, 3.05) is 5.32 Å². The Labute approximate surface area is 208 Å². The van der Waals surface area contributed by atoms with Crippen LogP contribution in [0, 0.1) is 13.8 Å². The molecule has 1 N–H and O–H groups in total. The van der Waals surface area contributed by atoms with E-state index in [2.05, 4.69) is 143 Å². The molecule has 1 heteroatoms. The highest BCUT2D eigenvalue weighted by atomic mass is 14.9. The van der Waals surface area contributed by atoms with Crippen molar-refractivity contribution in [3.63, 3.8) is 0 Å². The Bertz CT molecular complexity index is 1480. The third kappa shape index (κ3) is 4.86. The van der Waals surface area contributed by atoms with Gasteiger partial charge in [0, 0.05) is 11.4 Å². The van der Waals surface area contributed by atoms with Gasteiger partial charge in [-0.3, -0.25) is 0 Å². The minimum atomic E-state index is 0.185. The second-order valence-corrected chi connectivity index (χ2v) is 10.6. The molecule has 0 amide bonds. The number of benzene rings is 6. The summed E-state index contributed by atoms with van der Waals surface area (Å²) in [5, 5.41) is 11.6. The van der Waals surface area contributed by atoms with E-state index < -0.39 is 0 Å². The van der Waals surface area contributed by atoms with Crippen molar-refractivity contribution in [1.29, 1.82) is 0 Å². The molecule has 0 spiro atoms. The maximum absolute atomic E-state index is 3.36. The molecule has 0 aliphatic carbocycles. The van der Waals surface area contributed by atoms with Gasteiger partial charge >= 0.3 is 0 Å². The van der Waals surface area contributed by atoms with Crippen LogP contribution in [-0.4, -0.2) is 0 Å². The summed E-state index contributed by atoms with van der Waals surface area (Å²) in [4.78, 5) is 0. The molecule has 0 aromatic heterocycles. The fourth-order valence-corrected chi connectivity index (χ4v) is 4.63. The van der Waals surface area contributed by atoms with E-state index >= 15 is 0 Å². The van der Waals surface area contributed by atoms with Crippen LogP contribution in [0.4, 0.5) is 11.4 Å². The molecule has 174 valence electrons. The number of hydrogen-bond acceptors (Lipinski definition) is 1. The SMILES string of the molecule is CC(C)(C)c1cc2ccc3cccc4ccc(c1)c2c34.Cc1ccc(Nc2ccc(C)cc2)cc1. The van der Waals surface area contributed by atoms with Crippen molar-refractivity contribution in [2.24, 2.45) is 0 Å². The molecule has 0 saturated carbocycles. The van der Waals surface area contributed by atoms with Crippen LogP contribution in [0.25, 0.3) is 32.3 Å². The molecule has 0 bridgehead atoms. The predicted octanol–water partition coefficient (Wildman–Crippen LogP) is 9.93. The maximum Gasteiger partial charge on any atom is 0.0384 e. The highest BCUT2D eigenvalue weighted by Gasteiger charge is 2.16. The minimum absolute atomic E-state index is 0.185. The highest BCUT2D eigenvalue weighted by Crippen LogP contribution is 2.37. The monoisotopic (exact) mass is 455 g/mol. The Morgan fingerprint density at radius 3 is 1.31 bits per heavy atom. The van der Waals surface area contributed by atoms with Gasteiger partial charge in [-0.05, 0) is 81.4 Å². The van der Waals surface area contributed by atoms with E-state index in [1.54, 1.807) is 0 Å². The zero-order valence-electron chi connectivity index (χ0n) is 21.3. The lowest BCUT2D eigenvalue weighted by Crippen LogP contribution is -2.10. The van der Waals surface area contributed by atoms with Crippen molar-refractivity contribution >= 4 is 43.7 Å². The van der Waals surface area contributed by atoms with E-state index in [0.717, 1.165) is 11.4 Å². The van der Waals surface area contributed by atoms with Crippen molar-refractivity contribution in [3.05, 3.63) is 120 Å². The molecule has 6 aromatic rings. The zero-order valence-corrected chi connectivity index (χ0v) is 21.3. The van der Waals surface area contributed by atoms with Crippen LogP contribution < -0.4 is 5.32 Å². The first-order valence-corrected chi connectivity index (χ1v) is 12.4. The Balaban J connectivity index is 0.000000152. The minimum Gasteiger partial charge on any atom is -0.356 e. The van der Waals surface area contributed by atoms with E-state index in [9.17, 15) is 0 Å². The Morgan fingerprint density at radius 2 is 0.886 bits per heavy atom. The maximum atomic E-state index is 3.36. The molecule has 0 fully saturated rings. The topological polar surface area (TPSA) is 12.0 Å². The van der Waals surface area contributed by atoms with Crippen molar-refractivity contribution in [2.45, 2.75) is 40.0 Å². The van der Waals surface area contributed by atoms with E-state index in [-0.39, 0.29) is 5.41 Å². The first-order chi connectivity index (χ1) is 16.8. The zero-order chi connectivity index (χ0) is 24.6. The fraction of sp³-hybridized carbons (Fsp3) is 0.176. The highest BCUT2D eigenvalue weighted by molar-refractivity contribution is 6.23. The number of nitrogens with one attached hydrogen (secondary N) is 1. The second-order valence-electron chi connectivity index (χ2n) is 10.6. The van der Waals surface area contributed by atoms with Gasteiger partial charge in [0.15, 0.2) is 0 Å². The van der Waals surface area contributed by atoms with Crippen LogP contribution in [0.15, 0.2) is 103 Å². The van der Waals surface area contributed by atoms with Crippen LogP contribution >= 0.6 is 0 Å². The molecule has 0 aliphatic rings. The third-order valence-corrected chi connectivity index (χ3v) is 6.72. The van der Waals surface area contributed by atoms with Crippen molar-refractivity contribution in [3.8, 4) is 0 Å². The van der Waals surface area contributed by atoms with E-state index in [1.165, 1.54) is 49.0 Å². The molecule has 1 nitrogen and oxygen atoms in total. The quantitative estimate of drug-likeness (QED) is 0.256. The number of rotatable bonds is 2. The van der Waals surface area contributed by atoms with E-state index in [0.29, 0.717) is 0 Å². The van der Waals surface area contributed by atoms with Crippen molar-refractivity contribution < 1.29 is 0 Å². The largest absolute Gasteiger partial charge is 0.356 e. The summed E-state index contributed by atoms with van der Waals surface area (Å²) in [6.07, 6.45) is 0. The molecule has 0 atom stereocenters. The average molecular weight is 456 g/mol. The van der Waals surface area contributed by atoms with E-state index in [1.807, 2.05) is 0 Å². The first kappa shape index (κ1) is 22.9. The lowest BCUT2D eigenvalue weighted by molar-refractivity contribution is 0.591. The normalized spacial score (nSPS) is 11.6. The van der Waals surface area contributed by atoms with Gasteiger partial charge in [0.05, 0.1) is 0 Å². The van der Waals surface area contributed by atoms with Gasteiger partial charge in [0.2, 0.25) is 0 Å². The van der Waals surface area contributed by atoms with Gasteiger partial charge in [-0.1, -0.05) is 111 Å². The molecule has 6 rings (SSSR count). The number of anilines is 2. The van der Waals surface area contributed by atoms with Gasteiger partial charge in [-0.25, -0.2) is 0 Å². The summed E-state index contributed by atoms with van der Waals surface area (Å²) in [5.74, 6) is 0. The molecule has 0 radical (unpaired) electrons. The number of hydrogen-bond donors (Lipinski definition) is 1. The van der Waals surface area contributed by atoms with Crippen LogP contribution in [0.2, 0.25) is 0 Å². The second kappa shape index (κ2) is 9.07. The summed E-state index contributed by atoms with van der Waals surface area (Å²) in [5.41, 5.74) is 6.41. The number of aryl methyl sites for hydroxylation is 2. The van der Waals surface area contributed by atoms with Gasteiger partial charge in [-0.15, -0.1) is 0 Å². The lowest BCUT2D eigenvalue weighted by Gasteiger charge is -2.21. The van der Waals surface area contributed by atoms with Gasteiger partial charge in [0.1, 0.15) is 0 Å². The summed E-state index contributed by atoms with van der Waals surface area (Å²) >= 11 is 0. The summed E-state index contributed by atoms with van der Waals surface area (Å²) in [6, 6.07) is 37.1. The van der Waals surface area contributed by atoms with Crippen molar-refractivity contribution in [1.82, 2.24) is 0 Å². The molecule has 35 heavy (non-hydrogen) atoms. The van der Waals surface area contributed by atoms with Crippen LogP contribution in [0.3, 0.4) is 0 Å². The standard InChI is InChI=1S/C20H18.C14H15N/c1-20(2,3)17-11-15-9-7-13-5-4-6-14-8-10-16(12-17)19(15)18(13)14;1-11-3-7-13(8-4-11)15-14-9-5-12(2)6-10-14/h4-12H,1-3H3;3-10,15H,1-2H3. The van der Waals surface area contributed by atoms with Crippen LogP contribution in [0.5, 0.6) is 0 Å². The molecule has 0 unspecified atom stereocenters. The Morgan fingerprint density at radius 1 is 0.486 bits per heavy atom. The van der Waals surface area contributed by atoms with Gasteiger partial charge in [0.25, 0.3) is 0 Å². The molecular weight excluding hydrogens is 422 g/mol. The third-order valence-electron chi connectivity index (χ3n) is 6.72. The Kier molecular flexibility index (Phi) is 5.94. The lowest BCUT2D eigenvalue weighted by atomic mass is 9.83. The predicted molar refractivity (Wildman–Crippen MR) is 154 cm³/mol. The summed E-state index contributed by atoms with van der Waals surface area (Å²) in [7, 11) is 0. The summed E-state index contributed by atoms with van der Waals surface area (Å²) < 4.78 is 0. The molecule has 6 aromatic carbocycles. The summed E-state index contributed by atoms with van der Waals surface area (Å²) in [6.45, 7) is 11.0. The molecule has 0 heterocycles. The smallest absolute Gasteiger partial charge is 0.0384 e.